The Bertz CT molecular complexity index is 822. The normalized spacial score (nSPS) is 19.0. The second kappa shape index (κ2) is 5.62. The number of fused-ring (bicyclic) bond motifs is 1. The lowest BCUT2D eigenvalue weighted by Gasteiger charge is -2.16. The molecule has 8 heteroatoms. The Morgan fingerprint density at radius 2 is 1.95 bits per heavy atom. The molecular formula is C14H16N4O3S. The molecule has 1 saturated heterocycles. The van der Waals surface area contributed by atoms with Gasteiger partial charge in [-0.15, -0.1) is 0 Å². The highest BCUT2D eigenvalue weighted by atomic mass is 32.2. The summed E-state index contributed by atoms with van der Waals surface area (Å²) in [6.07, 6.45) is 3.48. The molecular weight excluding hydrogens is 304 g/mol. The van der Waals surface area contributed by atoms with Crippen molar-refractivity contribution >= 4 is 27.0 Å². The third kappa shape index (κ3) is 3.40. The van der Waals surface area contributed by atoms with Crippen molar-refractivity contribution in [1.82, 2.24) is 14.9 Å². The highest BCUT2D eigenvalue weighted by Crippen LogP contribution is 2.22. The Morgan fingerprint density at radius 1 is 1.23 bits per heavy atom. The molecule has 1 aliphatic rings. The van der Waals surface area contributed by atoms with Crippen LogP contribution in [0, 0.1) is 5.92 Å². The molecule has 1 amide bonds. The van der Waals surface area contributed by atoms with Crippen molar-refractivity contribution in [2.24, 2.45) is 11.1 Å². The maximum atomic E-state index is 12.0. The summed E-state index contributed by atoms with van der Waals surface area (Å²) in [6.45, 7) is 0.847. The number of primary sulfonamides is 1. The number of rotatable bonds is 4. The van der Waals surface area contributed by atoms with Gasteiger partial charge in [-0.2, -0.15) is 0 Å². The average molecular weight is 320 g/mol. The largest absolute Gasteiger partial charge is 0.338 e. The molecule has 3 rings (SSSR count). The van der Waals surface area contributed by atoms with Crippen LogP contribution in [0.25, 0.3) is 11.0 Å². The molecule has 1 fully saturated rings. The number of amides is 1. The van der Waals surface area contributed by atoms with E-state index in [1.165, 1.54) is 0 Å². The van der Waals surface area contributed by atoms with E-state index in [2.05, 4.69) is 9.97 Å². The SMILES string of the molecule is NS(=O)(=O)CC1CC(=O)N(Cc2ccc3nccnc3c2)C1. The monoisotopic (exact) mass is 320 g/mol. The number of carbonyl (C=O) groups excluding carboxylic acids is 1. The molecule has 2 heterocycles. The third-order valence-corrected chi connectivity index (χ3v) is 4.61. The molecule has 2 aromatic rings. The molecule has 1 aliphatic heterocycles. The van der Waals surface area contributed by atoms with Gasteiger partial charge in [0.05, 0.1) is 16.8 Å². The van der Waals surface area contributed by atoms with Crippen LogP contribution in [0.4, 0.5) is 0 Å². The Hall–Kier alpha value is -2.06. The summed E-state index contributed by atoms with van der Waals surface area (Å²) in [6, 6.07) is 5.65. The first-order valence-electron chi connectivity index (χ1n) is 6.88. The molecule has 0 aliphatic carbocycles. The van der Waals surface area contributed by atoms with E-state index in [0.717, 1.165) is 16.6 Å². The second-order valence-electron chi connectivity index (χ2n) is 5.55. The molecule has 0 radical (unpaired) electrons. The number of sulfonamides is 1. The summed E-state index contributed by atoms with van der Waals surface area (Å²) >= 11 is 0. The average Bonchev–Trinajstić information content (AvgIpc) is 2.76. The van der Waals surface area contributed by atoms with Gasteiger partial charge in [0, 0.05) is 37.8 Å². The van der Waals surface area contributed by atoms with Gasteiger partial charge < -0.3 is 4.90 Å². The van der Waals surface area contributed by atoms with Crippen LogP contribution in [0.1, 0.15) is 12.0 Å². The summed E-state index contributed by atoms with van der Waals surface area (Å²) in [7, 11) is -3.55. The molecule has 1 atom stereocenters. The molecule has 22 heavy (non-hydrogen) atoms. The van der Waals surface area contributed by atoms with Crippen LogP contribution in [0.3, 0.4) is 0 Å². The van der Waals surface area contributed by atoms with E-state index in [1.807, 2.05) is 18.2 Å². The summed E-state index contributed by atoms with van der Waals surface area (Å²) in [5, 5.41) is 5.05. The van der Waals surface area contributed by atoms with Gasteiger partial charge in [0.2, 0.25) is 15.9 Å². The van der Waals surface area contributed by atoms with E-state index >= 15 is 0 Å². The Labute approximate surface area is 128 Å². The van der Waals surface area contributed by atoms with Gasteiger partial charge in [0.25, 0.3) is 0 Å². The first-order chi connectivity index (χ1) is 10.4. The van der Waals surface area contributed by atoms with Crippen molar-refractivity contribution in [2.45, 2.75) is 13.0 Å². The minimum atomic E-state index is -3.55. The number of carbonyl (C=O) groups is 1. The number of nitrogens with two attached hydrogens (primary N) is 1. The van der Waals surface area contributed by atoms with Crippen LogP contribution in [0.2, 0.25) is 0 Å². The zero-order valence-electron chi connectivity index (χ0n) is 11.8. The molecule has 7 nitrogen and oxygen atoms in total. The second-order valence-corrected chi connectivity index (χ2v) is 7.21. The minimum Gasteiger partial charge on any atom is -0.338 e. The molecule has 1 aromatic carbocycles. The zero-order valence-corrected chi connectivity index (χ0v) is 12.7. The van der Waals surface area contributed by atoms with Gasteiger partial charge in [-0.3, -0.25) is 14.8 Å². The van der Waals surface area contributed by atoms with E-state index in [4.69, 9.17) is 5.14 Å². The van der Waals surface area contributed by atoms with Gasteiger partial charge in [0.1, 0.15) is 0 Å². The fourth-order valence-corrected chi connectivity index (χ4v) is 3.65. The standard InChI is InChI=1S/C14H16N4O3S/c15-22(20,21)9-11-6-14(19)18(8-11)7-10-1-2-12-13(5-10)17-4-3-16-12/h1-5,11H,6-9H2,(H2,15,20,21). The minimum absolute atomic E-state index is 0.0482. The van der Waals surface area contributed by atoms with Crippen molar-refractivity contribution in [3.05, 3.63) is 36.2 Å². The molecule has 2 N–H and O–H groups in total. The van der Waals surface area contributed by atoms with Crippen molar-refractivity contribution in [1.29, 1.82) is 0 Å². The first-order valence-corrected chi connectivity index (χ1v) is 8.60. The van der Waals surface area contributed by atoms with E-state index < -0.39 is 10.0 Å². The molecule has 1 unspecified atom stereocenters. The van der Waals surface area contributed by atoms with Crippen LogP contribution in [-0.2, 0) is 21.4 Å². The van der Waals surface area contributed by atoms with Gasteiger partial charge in [-0.05, 0) is 17.7 Å². The van der Waals surface area contributed by atoms with Crippen LogP contribution >= 0.6 is 0 Å². The smallest absolute Gasteiger partial charge is 0.223 e. The van der Waals surface area contributed by atoms with E-state index in [-0.39, 0.29) is 24.0 Å². The first kappa shape index (κ1) is 14.9. The lowest BCUT2D eigenvalue weighted by molar-refractivity contribution is -0.128. The quantitative estimate of drug-likeness (QED) is 0.870. The number of nitrogens with zero attached hydrogens (tertiary/aromatic N) is 3. The van der Waals surface area contributed by atoms with Crippen molar-refractivity contribution in [3.8, 4) is 0 Å². The van der Waals surface area contributed by atoms with Gasteiger partial charge in [-0.1, -0.05) is 6.07 Å². The molecule has 1 aromatic heterocycles. The number of hydrogen-bond donors (Lipinski definition) is 1. The van der Waals surface area contributed by atoms with Crippen molar-refractivity contribution < 1.29 is 13.2 Å². The molecule has 116 valence electrons. The summed E-state index contributed by atoms with van der Waals surface area (Å²) in [5.41, 5.74) is 2.51. The number of benzene rings is 1. The highest BCUT2D eigenvalue weighted by Gasteiger charge is 2.31. The van der Waals surface area contributed by atoms with Gasteiger partial charge >= 0.3 is 0 Å². The predicted molar refractivity (Wildman–Crippen MR) is 81.0 cm³/mol. The number of hydrogen-bond acceptors (Lipinski definition) is 5. The number of likely N-dealkylation sites (tertiary alicyclic amines) is 1. The summed E-state index contributed by atoms with van der Waals surface area (Å²) in [4.78, 5) is 22.1. The van der Waals surface area contributed by atoms with E-state index in [1.54, 1.807) is 17.3 Å². The molecule has 0 bridgehead atoms. The van der Waals surface area contributed by atoms with Crippen molar-refractivity contribution in [2.75, 3.05) is 12.3 Å². The van der Waals surface area contributed by atoms with E-state index in [0.29, 0.717) is 13.1 Å². The van der Waals surface area contributed by atoms with E-state index in [9.17, 15) is 13.2 Å². The fraction of sp³-hybridized carbons (Fsp3) is 0.357. The lowest BCUT2D eigenvalue weighted by atomic mass is 10.1. The molecule has 0 saturated carbocycles. The van der Waals surface area contributed by atoms with Crippen LogP contribution in [-0.4, -0.2) is 41.5 Å². The predicted octanol–water partition coefficient (Wildman–Crippen LogP) is 0.267. The third-order valence-electron chi connectivity index (χ3n) is 3.67. The fourth-order valence-electron chi connectivity index (χ4n) is 2.77. The zero-order chi connectivity index (χ0) is 15.7. The topological polar surface area (TPSA) is 106 Å². The van der Waals surface area contributed by atoms with Crippen molar-refractivity contribution in [3.63, 3.8) is 0 Å². The van der Waals surface area contributed by atoms with Crippen LogP contribution < -0.4 is 5.14 Å². The number of aromatic nitrogens is 2. The lowest BCUT2D eigenvalue weighted by Crippen LogP contribution is -2.27. The van der Waals surface area contributed by atoms with Gasteiger partial charge in [0.15, 0.2) is 0 Å². The Balaban J connectivity index is 1.73. The summed E-state index contributed by atoms with van der Waals surface area (Å²) in [5.74, 6) is -0.436. The van der Waals surface area contributed by atoms with Gasteiger partial charge in [-0.25, -0.2) is 13.6 Å². The maximum absolute atomic E-state index is 12.0. The molecule has 0 spiro atoms. The Morgan fingerprint density at radius 3 is 2.68 bits per heavy atom. The van der Waals surface area contributed by atoms with Crippen LogP contribution in [0.5, 0.6) is 0 Å². The summed E-state index contributed by atoms with van der Waals surface area (Å²) < 4.78 is 22.3. The Kier molecular flexibility index (Phi) is 3.79. The maximum Gasteiger partial charge on any atom is 0.223 e. The van der Waals surface area contributed by atoms with Crippen LogP contribution in [0.15, 0.2) is 30.6 Å². The highest BCUT2D eigenvalue weighted by molar-refractivity contribution is 7.89.